The first kappa shape index (κ1) is 34.8. The van der Waals surface area contributed by atoms with E-state index in [1.54, 1.807) is 30.3 Å². The van der Waals surface area contributed by atoms with E-state index in [1.807, 2.05) is 6.07 Å². The molecular formula is C30H21N5O11S4. The Balaban J connectivity index is 1.50. The molecule has 20 heteroatoms. The fourth-order valence-electron chi connectivity index (χ4n) is 5.08. The molecule has 0 amide bonds. The first-order valence-corrected chi connectivity index (χ1v) is 18.8. The van der Waals surface area contributed by atoms with Crippen molar-refractivity contribution < 1.29 is 48.6 Å². The van der Waals surface area contributed by atoms with Gasteiger partial charge in [0.05, 0.1) is 27.6 Å². The molecule has 0 saturated carbocycles. The number of hydrogen-bond acceptors (Lipinski definition) is 14. The van der Waals surface area contributed by atoms with E-state index in [2.05, 4.69) is 20.5 Å². The van der Waals surface area contributed by atoms with Crippen LogP contribution in [0.15, 0.2) is 125 Å². The maximum Gasteiger partial charge on any atom is 0.296 e. The van der Waals surface area contributed by atoms with Crippen molar-refractivity contribution in [1.82, 2.24) is 0 Å². The van der Waals surface area contributed by atoms with Gasteiger partial charge in [-0.3, -0.25) is 13.7 Å². The molecule has 0 fully saturated rings. The first-order valence-electron chi connectivity index (χ1n) is 13.7. The lowest BCUT2D eigenvalue weighted by Gasteiger charge is -2.11. The number of phenols is 1. The molecular weight excluding hydrogens is 735 g/mol. The van der Waals surface area contributed by atoms with E-state index < -0.39 is 62.2 Å². The normalized spacial score (nSPS) is 13.0. The van der Waals surface area contributed by atoms with Crippen molar-refractivity contribution in [2.45, 2.75) is 19.6 Å². The third kappa shape index (κ3) is 6.86. The van der Waals surface area contributed by atoms with Gasteiger partial charge >= 0.3 is 0 Å². The number of azo groups is 2. The van der Waals surface area contributed by atoms with Crippen LogP contribution >= 0.6 is 12.0 Å². The molecule has 0 atom stereocenters. The van der Waals surface area contributed by atoms with E-state index >= 15 is 0 Å². The van der Waals surface area contributed by atoms with E-state index in [0.717, 1.165) is 41.1 Å². The Labute approximate surface area is 287 Å². The highest BCUT2D eigenvalue weighted by molar-refractivity contribution is 7.93. The molecule has 0 saturated heterocycles. The Morgan fingerprint density at radius 1 is 0.560 bits per heavy atom. The second-order valence-electron chi connectivity index (χ2n) is 10.6. The SMILES string of the molecule is Nc1cc2c(O)c(N=Nc3ccc(N=Nc4ccc5ccc(SO)cc5c4)c4ccc(S(=O)(=O)O)cc34)c(S(=O)(=O)O)cc2cc1S(=O)(=O)O. The molecule has 0 aromatic heterocycles. The minimum Gasteiger partial charge on any atom is -0.505 e. The van der Waals surface area contributed by atoms with Crippen LogP contribution in [0.5, 0.6) is 5.75 Å². The van der Waals surface area contributed by atoms with Crippen molar-refractivity contribution in [3.05, 3.63) is 84.9 Å². The van der Waals surface area contributed by atoms with Gasteiger partial charge in [0.15, 0.2) is 5.75 Å². The smallest absolute Gasteiger partial charge is 0.296 e. The van der Waals surface area contributed by atoms with Crippen LogP contribution in [0.1, 0.15) is 0 Å². The predicted octanol–water partition coefficient (Wildman–Crippen LogP) is 7.57. The van der Waals surface area contributed by atoms with Crippen LogP contribution in [0, 0.1) is 0 Å². The summed E-state index contributed by atoms with van der Waals surface area (Å²) in [4.78, 5) is -1.69. The third-order valence-electron chi connectivity index (χ3n) is 7.41. The minimum atomic E-state index is -5.15. The Morgan fingerprint density at radius 3 is 1.86 bits per heavy atom. The van der Waals surface area contributed by atoms with Crippen molar-refractivity contribution >= 4 is 103 Å². The highest BCUT2D eigenvalue weighted by Crippen LogP contribution is 2.44. The van der Waals surface area contributed by atoms with Crippen LogP contribution < -0.4 is 5.73 Å². The van der Waals surface area contributed by atoms with E-state index in [0.29, 0.717) is 22.6 Å². The fourth-order valence-corrected chi connectivity index (χ4v) is 7.19. The van der Waals surface area contributed by atoms with Crippen molar-refractivity contribution in [3.63, 3.8) is 0 Å². The van der Waals surface area contributed by atoms with Gasteiger partial charge in [-0.05, 0) is 82.9 Å². The lowest BCUT2D eigenvalue weighted by Crippen LogP contribution is -2.04. The lowest BCUT2D eigenvalue weighted by molar-refractivity contribution is 0.472. The summed E-state index contributed by atoms with van der Waals surface area (Å²) >= 11 is 0.592. The first-order chi connectivity index (χ1) is 23.4. The number of rotatable bonds is 8. The zero-order valence-corrected chi connectivity index (χ0v) is 28.0. The maximum absolute atomic E-state index is 12.3. The number of nitrogen functional groups attached to an aromatic ring is 1. The average Bonchev–Trinajstić information content (AvgIpc) is 3.05. The zero-order chi connectivity index (χ0) is 36.2. The molecule has 6 aromatic rings. The molecule has 0 radical (unpaired) electrons. The summed E-state index contributed by atoms with van der Waals surface area (Å²) in [6.07, 6.45) is 0. The molecule has 0 spiro atoms. The largest absolute Gasteiger partial charge is 0.505 e. The molecule has 50 heavy (non-hydrogen) atoms. The minimum absolute atomic E-state index is 0.0409. The molecule has 256 valence electrons. The van der Waals surface area contributed by atoms with Crippen molar-refractivity contribution in [2.75, 3.05) is 5.73 Å². The number of nitrogens with zero attached hydrogens (tertiary/aromatic N) is 4. The quantitative estimate of drug-likeness (QED) is 0.0379. The summed E-state index contributed by atoms with van der Waals surface area (Å²) in [6, 6.07) is 19.3. The van der Waals surface area contributed by atoms with Gasteiger partial charge in [0.1, 0.15) is 15.5 Å². The lowest BCUT2D eigenvalue weighted by atomic mass is 10.1. The van der Waals surface area contributed by atoms with E-state index in [4.69, 9.17) is 5.73 Å². The van der Waals surface area contributed by atoms with Crippen LogP contribution in [-0.2, 0) is 30.4 Å². The molecule has 6 aromatic carbocycles. The van der Waals surface area contributed by atoms with Gasteiger partial charge in [-0.1, -0.05) is 18.2 Å². The van der Waals surface area contributed by atoms with Crippen molar-refractivity contribution in [3.8, 4) is 5.75 Å². The van der Waals surface area contributed by atoms with Gasteiger partial charge in [0.25, 0.3) is 30.4 Å². The summed E-state index contributed by atoms with van der Waals surface area (Å²) in [5.41, 5.74) is 5.01. The van der Waals surface area contributed by atoms with Crippen molar-refractivity contribution in [2.24, 2.45) is 20.5 Å². The van der Waals surface area contributed by atoms with E-state index in [-0.39, 0.29) is 32.9 Å². The summed E-state index contributed by atoms with van der Waals surface area (Å²) < 4.78 is 111. The average molecular weight is 756 g/mol. The van der Waals surface area contributed by atoms with E-state index in [9.17, 15) is 48.6 Å². The summed E-state index contributed by atoms with van der Waals surface area (Å²) in [5, 5.41) is 28.9. The molecule has 0 aliphatic heterocycles. The zero-order valence-electron chi connectivity index (χ0n) is 24.8. The Hall–Kier alpha value is -5.06. The number of aromatic hydroxyl groups is 1. The second-order valence-corrected chi connectivity index (χ2v) is 15.5. The maximum atomic E-state index is 12.3. The molecule has 0 bridgehead atoms. The molecule has 6 rings (SSSR count). The Kier molecular flexibility index (Phi) is 8.82. The Bertz CT molecular complexity index is 2810. The van der Waals surface area contributed by atoms with Gasteiger partial charge in [-0.15, -0.1) is 15.3 Å². The van der Waals surface area contributed by atoms with Crippen LogP contribution in [0.4, 0.5) is 28.4 Å². The van der Waals surface area contributed by atoms with Gasteiger partial charge in [0.2, 0.25) is 0 Å². The standard InChI is InChI=1S/C30H21N5O11S4/c31-24-14-22-17(11-27(24)49(41,42)43)12-28(50(44,45)46)29(30(22)36)35-34-26-8-7-25(21-6-5-20(13-23(21)26)48(38,39)40)33-32-18-3-1-15-2-4-19(47-37)10-16(15)9-18/h1-14,36-37H,31H2,(H,38,39,40)(H,41,42,43)(H,44,45,46). The number of benzene rings is 6. The highest BCUT2D eigenvalue weighted by Gasteiger charge is 2.25. The van der Waals surface area contributed by atoms with Gasteiger partial charge in [0, 0.05) is 33.1 Å². The monoisotopic (exact) mass is 755 g/mol. The number of nitrogens with two attached hydrogens (primary N) is 1. The summed E-state index contributed by atoms with van der Waals surface area (Å²) in [5.74, 6) is -0.888. The van der Waals surface area contributed by atoms with Crippen LogP contribution in [0.2, 0.25) is 0 Å². The second kappa shape index (κ2) is 12.7. The van der Waals surface area contributed by atoms with Gasteiger partial charge in [-0.2, -0.15) is 30.4 Å². The number of anilines is 1. The number of hydrogen-bond donors (Lipinski definition) is 6. The molecule has 7 N–H and O–H groups in total. The summed E-state index contributed by atoms with van der Waals surface area (Å²) in [6.45, 7) is 0. The van der Waals surface area contributed by atoms with E-state index in [1.165, 1.54) is 18.2 Å². The van der Waals surface area contributed by atoms with Crippen LogP contribution in [0.25, 0.3) is 32.3 Å². The highest BCUT2D eigenvalue weighted by atomic mass is 32.2. The van der Waals surface area contributed by atoms with Crippen molar-refractivity contribution in [1.29, 1.82) is 0 Å². The number of fused-ring (bicyclic) bond motifs is 3. The molecule has 16 nitrogen and oxygen atoms in total. The molecule has 0 aliphatic rings. The van der Waals surface area contributed by atoms with Gasteiger partial charge < -0.3 is 15.4 Å². The predicted molar refractivity (Wildman–Crippen MR) is 184 cm³/mol. The topological polar surface area (TPSA) is 279 Å². The summed E-state index contributed by atoms with van der Waals surface area (Å²) in [7, 11) is -14.7. The van der Waals surface area contributed by atoms with Crippen LogP contribution in [0.3, 0.4) is 0 Å². The fraction of sp³-hybridized carbons (Fsp3) is 0. The molecule has 0 heterocycles. The Morgan fingerprint density at radius 2 is 1.20 bits per heavy atom. The third-order valence-corrected chi connectivity index (χ3v) is 10.5. The number of phenolic OH excluding ortho intramolecular Hbond substituents is 1. The molecule has 0 unspecified atom stereocenters. The van der Waals surface area contributed by atoms with Gasteiger partial charge in [-0.25, -0.2) is 0 Å². The van der Waals surface area contributed by atoms with Crippen LogP contribution in [-0.4, -0.2) is 48.6 Å². The molecule has 0 aliphatic carbocycles.